The van der Waals surface area contributed by atoms with Gasteiger partial charge in [-0.05, 0) is 24.3 Å². The van der Waals surface area contributed by atoms with Crippen molar-refractivity contribution in [1.29, 1.82) is 0 Å². The lowest BCUT2D eigenvalue weighted by atomic mass is 9.97. The topological polar surface area (TPSA) is 0 Å². The SMILES string of the molecule is Cc1cccc(C2=CC(C(C)C)CS2)c1. The molecule has 1 heterocycles. The first-order valence-electron chi connectivity index (χ1n) is 5.58. The van der Waals surface area contributed by atoms with Gasteiger partial charge in [0, 0.05) is 10.7 Å². The molecule has 80 valence electrons. The second-order valence-electron chi connectivity index (χ2n) is 4.62. The molecule has 1 atom stereocenters. The van der Waals surface area contributed by atoms with E-state index in [-0.39, 0.29) is 0 Å². The van der Waals surface area contributed by atoms with Crippen molar-refractivity contribution < 1.29 is 0 Å². The van der Waals surface area contributed by atoms with Crippen LogP contribution >= 0.6 is 11.8 Å². The first-order chi connectivity index (χ1) is 7.16. The largest absolute Gasteiger partial charge is 0.125 e. The Balaban J connectivity index is 2.22. The summed E-state index contributed by atoms with van der Waals surface area (Å²) in [7, 11) is 0. The maximum absolute atomic E-state index is 2.45. The number of aryl methyl sites for hydroxylation is 1. The van der Waals surface area contributed by atoms with Gasteiger partial charge < -0.3 is 0 Å². The molecule has 0 nitrogen and oxygen atoms in total. The highest BCUT2D eigenvalue weighted by Gasteiger charge is 2.19. The Kier molecular flexibility index (Phi) is 3.20. The van der Waals surface area contributed by atoms with E-state index in [1.807, 2.05) is 11.8 Å². The fourth-order valence-corrected chi connectivity index (χ4v) is 3.26. The summed E-state index contributed by atoms with van der Waals surface area (Å²) in [6.45, 7) is 6.77. The van der Waals surface area contributed by atoms with Crippen molar-refractivity contribution in [2.24, 2.45) is 11.8 Å². The minimum absolute atomic E-state index is 0.755. The predicted molar refractivity (Wildman–Crippen MR) is 69.9 cm³/mol. The van der Waals surface area contributed by atoms with Gasteiger partial charge in [-0.1, -0.05) is 49.8 Å². The first-order valence-corrected chi connectivity index (χ1v) is 6.57. The average molecular weight is 218 g/mol. The summed E-state index contributed by atoms with van der Waals surface area (Å²) in [6.07, 6.45) is 2.45. The molecule has 0 aromatic heterocycles. The molecule has 0 bridgehead atoms. The summed E-state index contributed by atoms with van der Waals surface area (Å²) in [6, 6.07) is 8.80. The van der Waals surface area contributed by atoms with Crippen molar-refractivity contribution in [3.05, 3.63) is 41.5 Å². The fraction of sp³-hybridized carbons (Fsp3) is 0.429. The minimum Gasteiger partial charge on any atom is -0.125 e. The molecule has 15 heavy (non-hydrogen) atoms. The minimum atomic E-state index is 0.755. The number of hydrogen-bond acceptors (Lipinski definition) is 1. The van der Waals surface area contributed by atoms with E-state index in [1.54, 1.807) is 0 Å². The summed E-state index contributed by atoms with van der Waals surface area (Å²) in [5.74, 6) is 2.77. The predicted octanol–water partition coefficient (Wildman–Crippen LogP) is 4.35. The highest BCUT2D eigenvalue weighted by Crippen LogP contribution is 2.39. The standard InChI is InChI=1S/C14H18S/c1-10(2)13-8-14(15-9-13)12-6-4-5-11(3)7-12/h4-8,10,13H,9H2,1-3H3. The van der Waals surface area contributed by atoms with E-state index in [0.717, 1.165) is 11.8 Å². The Morgan fingerprint density at radius 2 is 2.13 bits per heavy atom. The first kappa shape index (κ1) is 10.8. The van der Waals surface area contributed by atoms with Gasteiger partial charge >= 0.3 is 0 Å². The number of rotatable bonds is 2. The molecule has 0 radical (unpaired) electrons. The van der Waals surface area contributed by atoms with Gasteiger partial charge in [0.2, 0.25) is 0 Å². The monoisotopic (exact) mass is 218 g/mol. The van der Waals surface area contributed by atoms with Crippen LogP contribution in [0.3, 0.4) is 0 Å². The zero-order chi connectivity index (χ0) is 10.8. The maximum Gasteiger partial charge on any atom is 0.0108 e. The van der Waals surface area contributed by atoms with Gasteiger partial charge in [0.05, 0.1) is 0 Å². The number of thioether (sulfide) groups is 1. The number of allylic oxidation sites excluding steroid dienone is 1. The molecule has 0 fully saturated rings. The van der Waals surface area contributed by atoms with E-state index in [2.05, 4.69) is 51.1 Å². The van der Waals surface area contributed by atoms with Crippen LogP contribution in [-0.2, 0) is 0 Å². The second kappa shape index (κ2) is 4.44. The lowest BCUT2D eigenvalue weighted by Gasteiger charge is -2.08. The van der Waals surface area contributed by atoms with E-state index in [0.29, 0.717) is 0 Å². The quantitative estimate of drug-likeness (QED) is 0.711. The smallest absolute Gasteiger partial charge is 0.0108 e. The Morgan fingerprint density at radius 3 is 2.73 bits per heavy atom. The van der Waals surface area contributed by atoms with Crippen molar-refractivity contribution >= 4 is 16.7 Å². The van der Waals surface area contributed by atoms with Gasteiger partial charge in [0.25, 0.3) is 0 Å². The summed E-state index contributed by atoms with van der Waals surface area (Å²) in [5.41, 5.74) is 2.74. The molecule has 0 amide bonds. The van der Waals surface area contributed by atoms with E-state index in [4.69, 9.17) is 0 Å². The lowest BCUT2D eigenvalue weighted by Crippen LogP contribution is -2.04. The average Bonchev–Trinajstić information content (AvgIpc) is 2.66. The van der Waals surface area contributed by atoms with Crippen molar-refractivity contribution in [3.63, 3.8) is 0 Å². The van der Waals surface area contributed by atoms with Crippen molar-refractivity contribution in [2.45, 2.75) is 20.8 Å². The van der Waals surface area contributed by atoms with Gasteiger partial charge in [0.1, 0.15) is 0 Å². The van der Waals surface area contributed by atoms with Crippen LogP contribution in [0, 0.1) is 18.8 Å². The third-order valence-electron chi connectivity index (χ3n) is 2.96. The normalized spacial score (nSPS) is 20.8. The molecule has 1 aliphatic heterocycles. The molecule has 0 spiro atoms. The summed E-state index contributed by atoms with van der Waals surface area (Å²) in [5, 5.41) is 0. The highest BCUT2D eigenvalue weighted by molar-refractivity contribution is 8.08. The van der Waals surface area contributed by atoms with E-state index in [9.17, 15) is 0 Å². The van der Waals surface area contributed by atoms with E-state index >= 15 is 0 Å². The molecular formula is C14H18S. The Hall–Kier alpha value is -0.690. The van der Waals surface area contributed by atoms with Crippen molar-refractivity contribution in [1.82, 2.24) is 0 Å². The van der Waals surface area contributed by atoms with Crippen LogP contribution in [0.4, 0.5) is 0 Å². The zero-order valence-corrected chi connectivity index (χ0v) is 10.5. The van der Waals surface area contributed by atoms with Crippen LogP contribution in [-0.4, -0.2) is 5.75 Å². The molecule has 0 saturated carbocycles. The molecule has 1 aromatic rings. The highest BCUT2D eigenvalue weighted by atomic mass is 32.2. The summed E-state index contributed by atoms with van der Waals surface area (Å²) >= 11 is 2.00. The van der Waals surface area contributed by atoms with Crippen LogP contribution in [0.15, 0.2) is 30.3 Å². The third kappa shape index (κ3) is 2.46. The molecule has 1 unspecified atom stereocenters. The fourth-order valence-electron chi connectivity index (χ4n) is 1.84. The van der Waals surface area contributed by atoms with Gasteiger partial charge in [-0.15, -0.1) is 11.8 Å². The van der Waals surface area contributed by atoms with Crippen LogP contribution in [0.1, 0.15) is 25.0 Å². The van der Waals surface area contributed by atoms with Crippen LogP contribution in [0.25, 0.3) is 4.91 Å². The molecular weight excluding hydrogens is 200 g/mol. The Labute approximate surface area is 96.8 Å². The summed E-state index contributed by atoms with van der Waals surface area (Å²) in [4.78, 5) is 1.47. The van der Waals surface area contributed by atoms with Crippen LogP contribution in [0.2, 0.25) is 0 Å². The van der Waals surface area contributed by atoms with Crippen LogP contribution in [0.5, 0.6) is 0 Å². The van der Waals surface area contributed by atoms with Gasteiger partial charge in [-0.25, -0.2) is 0 Å². The van der Waals surface area contributed by atoms with Crippen molar-refractivity contribution in [3.8, 4) is 0 Å². The van der Waals surface area contributed by atoms with Crippen LogP contribution < -0.4 is 0 Å². The Morgan fingerprint density at radius 1 is 1.33 bits per heavy atom. The van der Waals surface area contributed by atoms with E-state index < -0.39 is 0 Å². The number of hydrogen-bond donors (Lipinski definition) is 0. The molecule has 0 aliphatic carbocycles. The summed E-state index contributed by atoms with van der Waals surface area (Å²) < 4.78 is 0. The van der Waals surface area contributed by atoms with Gasteiger partial charge in [0.15, 0.2) is 0 Å². The second-order valence-corrected chi connectivity index (χ2v) is 5.68. The van der Waals surface area contributed by atoms with E-state index in [1.165, 1.54) is 21.8 Å². The zero-order valence-electron chi connectivity index (χ0n) is 9.66. The van der Waals surface area contributed by atoms with Gasteiger partial charge in [-0.2, -0.15) is 0 Å². The third-order valence-corrected chi connectivity index (χ3v) is 4.19. The number of benzene rings is 1. The Bertz CT molecular complexity index is 377. The lowest BCUT2D eigenvalue weighted by molar-refractivity contribution is 0.517. The maximum atomic E-state index is 2.45. The molecule has 1 aliphatic rings. The molecule has 1 aromatic carbocycles. The molecule has 0 N–H and O–H groups in total. The van der Waals surface area contributed by atoms with Gasteiger partial charge in [-0.3, -0.25) is 0 Å². The molecule has 0 saturated heterocycles. The molecule has 2 rings (SSSR count). The molecule has 1 heteroatoms. The van der Waals surface area contributed by atoms with Crippen molar-refractivity contribution in [2.75, 3.05) is 5.75 Å².